The summed E-state index contributed by atoms with van der Waals surface area (Å²) in [5.74, 6) is -0.852. The number of rotatable bonds is 14. The second-order valence-corrected chi connectivity index (χ2v) is 8.76. The molecule has 184 valence electrons. The van der Waals surface area contributed by atoms with Crippen LogP contribution in [0.3, 0.4) is 0 Å². The molecule has 35 heavy (non-hydrogen) atoms. The third-order valence-corrected chi connectivity index (χ3v) is 5.91. The minimum absolute atomic E-state index is 0.164. The van der Waals surface area contributed by atoms with Crippen LogP contribution >= 0.6 is 0 Å². The van der Waals surface area contributed by atoms with Crippen molar-refractivity contribution in [1.82, 2.24) is 4.90 Å². The molecule has 0 fully saturated rings. The Balaban J connectivity index is 1.63. The molecule has 0 amide bonds. The van der Waals surface area contributed by atoms with E-state index in [9.17, 15) is 9.59 Å². The van der Waals surface area contributed by atoms with Crippen LogP contribution in [0.4, 0.5) is 0 Å². The summed E-state index contributed by atoms with van der Waals surface area (Å²) in [6, 6.07) is 23.3. The fraction of sp³-hybridized carbons (Fsp3) is 0.310. The van der Waals surface area contributed by atoms with Crippen molar-refractivity contribution >= 4 is 11.9 Å². The summed E-state index contributed by atoms with van der Waals surface area (Å²) < 4.78 is 6.13. The van der Waals surface area contributed by atoms with Crippen molar-refractivity contribution in [3.8, 4) is 5.75 Å². The summed E-state index contributed by atoms with van der Waals surface area (Å²) in [6.07, 6.45) is 2.36. The van der Waals surface area contributed by atoms with E-state index in [4.69, 9.17) is 14.9 Å². The van der Waals surface area contributed by atoms with E-state index in [1.807, 2.05) is 30.3 Å². The Labute approximate surface area is 206 Å². The molecule has 0 aromatic heterocycles. The van der Waals surface area contributed by atoms with Crippen molar-refractivity contribution in [1.29, 1.82) is 0 Å². The molecule has 0 spiro atoms. The van der Waals surface area contributed by atoms with Crippen LogP contribution in [-0.2, 0) is 24.4 Å². The lowest BCUT2D eigenvalue weighted by Gasteiger charge is -2.23. The zero-order valence-corrected chi connectivity index (χ0v) is 20.2. The van der Waals surface area contributed by atoms with E-state index >= 15 is 0 Å². The average molecular weight is 476 g/mol. The van der Waals surface area contributed by atoms with E-state index in [1.54, 1.807) is 12.1 Å². The molecule has 0 saturated carbocycles. The van der Waals surface area contributed by atoms with Gasteiger partial charge in [-0.15, -0.1) is 0 Å². The molecule has 0 bridgehead atoms. The number of carbonyl (C=O) groups is 2. The number of nitrogens with zero attached hydrogens (tertiary/aromatic N) is 1. The molecule has 3 rings (SSSR count). The molecule has 6 nitrogen and oxygen atoms in total. The van der Waals surface area contributed by atoms with E-state index < -0.39 is 11.9 Å². The van der Waals surface area contributed by atoms with Crippen LogP contribution in [0.15, 0.2) is 72.8 Å². The number of aromatic carboxylic acids is 1. The van der Waals surface area contributed by atoms with Gasteiger partial charge in [-0.25, -0.2) is 4.79 Å². The number of ether oxygens (including phenoxy) is 1. The van der Waals surface area contributed by atoms with Crippen molar-refractivity contribution in [2.45, 2.75) is 45.8 Å². The summed E-state index contributed by atoms with van der Waals surface area (Å²) >= 11 is 0. The number of carboxylic acids is 2. The Kier molecular flexibility index (Phi) is 9.87. The minimum atomic E-state index is -0.940. The Morgan fingerprint density at radius 3 is 2.20 bits per heavy atom. The minimum Gasteiger partial charge on any atom is -0.489 e. The zero-order chi connectivity index (χ0) is 25.0. The van der Waals surface area contributed by atoms with E-state index in [1.165, 1.54) is 5.56 Å². The second kappa shape index (κ2) is 13.3. The highest BCUT2D eigenvalue weighted by atomic mass is 16.5. The van der Waals surface area contributed by atoms with Gasteiger partial charge in [0, 0.05) is 19.5 Å². The van der Waals surface area contributed by atoms with Gasteiger partial charge in [-0.05, 0) is 67.6 Å². The number of hydrogen-bond acceptors (Lipinski definition) is 4. The van der Waals surface area contributed by atoms with Crippen LogP contribution in [0.5, 0.6) is 5.75 Å². The number of unbranched alkanes of at least 4 members (excludes halogenated alkanes) is 1. The summed E-state index contributed by atoms with van der Waals surface area (Å²) in [6.45, 7) is 4.78. The van der Waals surface area contributed by atoms with E-state index in [0.717, 1.165) is 48.4 Å². The molecule has 0 unspecified atom stereocenters. The molecule has 2 N–H and O–H groups in total. The normalized spacial score (nSPS) is 10.9. The molecule has 0 radical (unpaired) electrons. The Bertz CT molecular complexity index is 1090. The first-order chi connectivity index (χ1) is 16.9. The van der Waals surface area contributed by atoms with Gasteiger partial charge in [0.1, 0.15) is 12.4 Å². The van der Waals surface area contributed by atoms with Gasteiger partial charge in [0.2, 0.25) is 0 Å². The molecule has 0 heterocycles. The number of para-hydroxylation sites is 1. The Morgan fingerprint density at radius 1 is 0.829 bits per heavy atom. The van der Waals surface area contributed by atoms with Gasteiger partial charge in [-0.1, -0.05) is 60.2 Å². The van der Waals surface area contributed by atoms with Crippen LogP contribution in [0.2, 0.25) is 0 Å². The van der Waals surface area contributed by atoms with Crippen molar-refractivity contribution in [3.05, 3.63) is 101 Å². The quantitative estimate of drug-likeness (QED) is 0.296. The topological polar surface area (TPSA) is 87.1 Å². The summed E-state index contributed by atoms with van der Waals surface area (Å²) in [7, 11) is 0. The lowest BCUT2D eigenvalue weighted by atomic mass is 10.1. The number of carboxylic acid groups (broad SMARTS) is 2. The predicted molar refractivity (Wildman–Crippen MR) is 136 cm³/mol. The molecule has 0 saturated heterocycles. The number of hydrogen-bond donors (Lipinski definition) is 2. The van der Waals surface area contributed by atoms with Gasteiger partial charge in [-0.3, -0.25) is 9.69 Å². The highest BCUT2D eigenvalue weighted by Crippen LogP contribution is 2.21. The molecule has 0 aliphatic heterocycles. The maximum Gasteiger partial charge on any atom is 0.335 e. The van der Waals surface area contributed by atoms with Gasteiger partial charge < -0.3 is 14.9 Å². The summed E-state index contributed by atoms with van der Waals surface area (Å²) in [4.78, 5) is 24.3. The SMILES string of the molecule is Cc1ccc(COc2ccccc2CCN(CCCCC(=O)O)Cc2ccc(C(=O)O)cc2)cc1. The first kappa shape index (κ1) is 26.0. The van der Waals surface area contributed by atoms with Crippen LogP contribution in [-0.4, -0.2) is 40.1 Å². The van der Waals surface area contributed by atoms with E-state index in [2.05, 4.69) is 42.2 Å². The largest absolute Gasteiger partial charge is 0.489 e. The maximum absolute atomic E-state index is 11.1. The third kappa shape index (κ3) is 8.91. The van der Waals surface area contributed by atoms with Gasteiger partial charge in [0.05, 0.1) is 5.56 Å². The second-order valence-electron chi connectivity index (χ2n) is 8.76. The molecular formula is C29H33NO5. The number of aliphatic carboxylic acids is 1. The van der Waals surface area contributed by atoms with Gasteiger partial charge in [0.15, 0.2) is 0 Å². The van der Waals surface area contributed by atoms with Crippen LogP contribution in [0.1, 0.15) is 51.9 Å². The summed E-state index contributed by atoms with van der Waals surface area (Å²) in [5, 5.41) is 18.1. The molecule has 0 aliphatic carbocycles. The average Bonchev–Trinajstić information content (AvgIpc) is 2.85. The first-order valence-corrected chi connectivity index (χ1v) is 11.9. The monoisotopic (exact) mass is 475 g/mol. The first-order valence-electron chi connectivity index (χ1n) is 11.9. The lowest BCUT2D eigenvalue weighted by molar-refractivity contribution is -0.137. The predicted octanol–water partition coefficient (Wildman–Crippen LogP) is 5.57. The highest BCUT2D eigenvalue weighted by molar-refractivity contribution is 5.87. The smallest absolute Gasteiger partial charge is 0.335 e. The van der Waals surface area contributed by atoms with Crippen LogP contribution in [0.25, 0.3) is 0 Å². The zero-order valence-electron chi connectivity index (χ0n) is 20.2. The molecule has 6 heteroatoms. The van der Waals surface area contributed by atoms with Crippen LogP contribution < -0.4 is 4.74 Å². The molecule has 3 aromatic carbocycles. The number of aryl methyl sites for hydroxylation is 1. The van der Waals surface area contributed by atoms with Gasteiger partial charge in [0.25, 0.3) is 0 Å². The third-order valence-electron chi connectivity index (χ3n) is 5.91. The summed E-state index contributed by atoms with van der Waals surface area (Å²) in [5.41, 5.74) is 4.75. The van der Waals surface area contributed by atoms with Crippen molar-refractivity contribution in [2.75, 3.05) is 13.1 Å². The molecule has 0 atom stereocenters. The molecule has 0 aliphatic rings. The van der Waals surface area contributed by atoms with E-state index in [0.29, 0.717) is 19.6 Å². The Morgan fingerprint density at radius 2 is 1.51 bits per heavy atom. The van der Waals surface area contributed by atoms with Crippen molar-refractivity contribution in [2.24, 2.45) is 0 Å². The fourth-order valence-corrected chi connectivity index (χ4v) is 3.87. The van der Waals surface area contributed by atoms with Gasteiger partial charge >= 0.3 is 11.9 Å². The van der Waals surface area contributed by atoms with Crippen molar-refractivity contribution in [3.63, 3.8) is 0 Å². The lowest BCUT2D eigenvalue weighted by Crippen LogP contribution is -2.27. The fourth-order valence-electron chi connectivity index (χ4n) is 3.87. The van der Waals surface area contributed by atoms with E-state index in [-0.39, 0.29) is 12.0 Å². The highest BCUT2D eigenvalue weighted by Gasteiger charge is 2.11. The molecular weight excluding hydrogens is 442 g/mol. The van der Waals surface area contributed by atoms with Crippen LogP contribution in [0, 0.1) is 6.92 Å². The van der Waals surface area contributed by atoms with Crippen molar-refractivity contribution < 1.29 is 24.5 Å². The standard InChI is InChI=1S/C29H33NO5/c1-22-9-11-24(12-10-22)21-35-27-7-3-2-6-25(27)17-19-30(18-5-4-8-28(31)32)20-23-13-15-26(16-14-23)29(33)34/h2-3,6-7,9-16H,4-5,8,17-21H2,1H3,(H,31,32)(H,33,34). The maximum atomic E-state index is 11.1. The van der Waals surface area contributed by atoms with Gasteiger partial charge in [-0.2, -0.15) is 0 Å². The Hall–Kier alpha value is -3.64. The number of benzene rings is 3. The molecule has 3 aromatic rings.